The van der Waals surface area contributed by atoms with E-state index >= 15 is 0 Å². The molecule has 0 fully saturated rings. The van der Waals surface area contributed by atoms with Crippen LogP contribution in [0.5, 0.6) is 11.5 Å². The monoisotopic (exact) mass is 452 g/mol. The topological polar surface area (TPSA) is 34.1 Å². The minimum atomic E-state index is -4.85. The Morgan fingerprint density at radius 2 is 1.46 bits per heavy atom. The van der Waals surface area contributed by atoms with Crippen LogP contribution in [0.15, 0.2) is 59.6 Å². The second kappa shape index (κ2) is 7.54. The highest BCUT2D eigenvalue weighted by Gasteiger charge is 2.60. The first-order valence-corrected chi connectivity index (χ1v) is 9.11. The molecule has 0 aromatic heterocycles. The molecular weight excluding hydrogens is 440 g/mol. The van der Waals surface area contributed by atoms with Crippen molar-refractivity contribution in [1.82, 2.24) is 4.90 Å². The first-order chi connectivity index (χ1) is 13.0. The SMILES string of the molecule is CN(Cc1ccccc1)C(=NC1(C(Cl)(Cl)Cl)Oc2ccccc2O1)C(F)(F)F. The number of fused-ring (bicyclic) bond motifs is 1. The standard InChI is InChI=1S/C18H14Cl3F3N2O2/c1-26(11-12-7-3-2-4-8-12)15(16(22,23)24)25-18(17(19,20)21)27-13-9-5-6-10-14(13)28-18/h2-10H,11H2,1H3. The number of aliphatic imine (C=N–C) groups is 1. The zero-order chi connectivity index (χ0) is 20.6. The molecule has 0 unspecified atom stereocenters. The second-order valence-corrected chi connectivity index (χ2v) is 8.29. The van der Waals surface area contributed by atoms with E-state index in [9.17, 15) is 13.2 Å². The van der Waals surface area contributed by atoms with Gasteiger partial charge < -0.3 is 14.4 Å². The van der Waals surface area contributed by atoms with Gasteiger partial charge in [-0.3, -0.25) is 0 Å². The molecule has 0 amide bonds. The molecule has 150 valence electrons. The summed E-state index contributed by atoms with van der Waals surface area (Å²) in [4.78, 5) is 4.53. The Labute approximate surface area is 174 Å². The van der Waals surface area contributed by atoms with Crippen molar-refractivity contribution in [2.45, 2.75) is 22.4 Å². The Bertz CT molecular complexity index is 845. The Morgan fingerprint density at radius 3 is 1.93 bits per heavy atom. The van der Waals surface area contributed by atoms with E-state index in [0.717, 1.165) is 4.90 Å². The summed E-state index contributed by atoms with van der Waals surface area (Å²) in [6.45, 7) is -0.0813. The van der Waals surface area contributed by atoms with Gasteiger partial charge in [0.15, 0.2) is 11.5 Å². The van der Waals surface area contributed by atoms with E-state index in [1.165, 1.54) is 19.2 Å². The molecule has 0 saturated heterocycles. The van der Waals surface area contributed by atoms with E-state index < -0.39 is 21.7 Å². The fraction of sp³-hybridized carbons (Fsp3) is 0.278. The molecule has 28 heavy (non-hydrogen) atoms. The van der Waals surface area contributed by atoms with Crippen LogP contribution in [-0.4, -0.2) is 33.7 Å². The average molecular weight is 454 g/mol. The van der Waals surface area contributed by atoms with Gasteiger partial charge in [0.2, 0.25) is 5.84 Å². The summed E-state index contributed by atoms with van der Waals surface area (Å²) >= 11 is 17.8. The number of hydrogen-bond donors (Lipinski definition) is 0. The van der Waals surface area contributed by atoms with Crippen LogP contribution >= 0.6 is 34.8 Å². The summed E-state index contributed by atoms with van der Waals surface area (Å²) in [7, 11) is 1.23. The fourth-order valence-corrected chi connectivity index (χ4v) is 2.96. The minimum Gasteiger partial charge on any atom is -0.427 e. The van der Waals surface area contributed by atoms with E-state index in [2.05, 4.69) is 4.99 Å². The van der Waals surface area contributed by atoms with E-state index in [1.807, 2.05) is 0 Å². The normalized spacial score (nSPS) is 16.2. The average Bonchev–Trinajstić information content (AvgIpc) is 2.99. The third-order valence-electron chi connectivity index (χ3n) is 3.83. The lowest BCUT2D eigenvalue weighted by molar-refractivity contribution is -0.0890. The maximum Gasteiger partial charge on any atom is 0.449 e. The largest absolute Gasteiger partial charge is 0.449 e. The summed E-state index contributed by atoms with van der Waals surface area (Å²) in [5.74, 6) is -3.61. The molecule has 1 aliphatic heterocycles. The maximum atomic E-state index is 13.8. The Kier molecular flexibility index (Phi) is 5.62. The van der Waals surface area contributed by atoms with Gasteiger partial charge in [-0.05, 0) is 17.7 Å². The van der Waals surface area contributed by atoms with Crippen LogP contribution in [-0.2, 0) is 6.54 Å². The molecule has 2 aromatic carbocycles. The molecule has 0 aliphatic carbocycles. The molecule has 3 rings (SSSR count). The van der Waals surface area contributed by atoms with Gasteiger partial charge in [-0.15, -0.1) is 0 Å². The number of amidine groups is 1. The van der Waals surface area contributed by atoms with Crippen LogP contribution in [0.1, 0.15) is 5.56 Å². The fourth-order valence-electron chi connectivity index (χ4n) is 2.60. The predicted octanol–water partition coefficient (Wildman–Crippen LogP) is 5.57. The van der Waals surface area contributed by atoms with E-state index in [0.29, 0.717) is 5.56 Å². The van der Waals surface area contributed by atoms with Crippen molar-refractivity contribution >= 4 is 40.6 Å². The van der Waals surface area contributed by atoms with E-state index in [1.54, 1.807) is 42.5 Å². The third kappa shape index (κ3) is 4.26. The Hall–Kier alpha value is -1.83. The van der Waals surface area contributed by atoms with Gasteiger partial charge in [-0.1, -0.05) is 77.3 Å². The van der Waals surface area contributed by atoms with E-state index in [-0.39, 0.29) is 18.0 Å². The van der Waals surface area contributed by atoms with Crippen molar-refractivity contribution in [3.05, 3.63) is 60.2 Å². The lowest BCUT2D eigenvalue weighted by Gasteiger charge is -2.32. The van der Waals surface area contributed by atoms with Gasteiger partial charge in [0.1, 0.15) is 0 Å². The molecule has 0 saturated carbocycles. The van der Waals surface area contributed by atoms with Crippen LogP contribution < -0.4 is 9.47 Å². The van der Waals surface area contributed by atoms with Gasteiger partial charge in [0.25, 0.3) is 3.79 Å². The summed E-state index contributed by atoms with van der Waals surface area (Å²) in [6, 6.07) is 14.7. The van der Waals surface area contributed by atoms with Crippen LogP contribution in [0.25, 0.3) is 0 Å². The number of rotatable bonds is 3. The lowest BCUT2D eigenvalue weighted by Crippen LogP contribution is -2.52. The molecule has 0 spiro atoms. The molecule has 10 heteroatoms. The highest BCUT2D eigenvalue weighted by atomic mass is 35.6. The molecule has 1 aliphatic rings. The second-order valence-electron chi connectivity index (χ2n) is 6.01. The number of hydrogen-bond acceptors (Lipinski definition) is 3. The smallest absolute Gasteiger partial charge is 0.427 e. The van der Waals surface area contributed by atoms with Gasteiger partial charge in [-0.25, -0.2) is 0 Å². The van der Waals surface area contributed by atoms with Crippen LogP contribution in [0.2, 0.25) is 0 Å². The zero-order valence-corrected chi connectivity index (χ0v) is 16.6. The van der Waals surface area contributed by atoms with E-state index in [4.69, 9.17) is 44.3 Å². The Morgan fingerprint density at radius 1 is 0.964 bits per heavy atom. The number of halogens is 6. The predicted molar refractivity (Wildman–Crippen MR) is 102 cm³/mol. The summed E-state index contributed by atoms with van der Waals surface area (Å²) in [5, 5.41) is 0. The number of alkyl halides is 6. The van der Waals surface area contributed by atoms with Gasteiger partial charge in [0, 0.05) is 13.6 Å². The summed E-state index contributed by atoms with van der Waals surface area (Å²) < 4.78 is 49.9. The minimum absolute atomic E-state index is 0.0813. The van der Waals surface area contributed by atoms with Crippen LogP contribution in [0.4, 0.5) is 13.2 Å². The third-order valence-corrected chi connectivity index (χ3v) is 4.55. The molecule has 0 radical (unpaired) electrons. The molecule has 0 atom stereocenters. The number of nitrogens with zero attached hydrogens (tertiary/aromatic N) is 2. The highest BCUT2D eigenvalue weighted by Crippen LogP contribution is 2.51. The van der Waals surface area contributed by atoms with Crippen molar-refractivity contribution in [2.75, 3.05) is 7.05 Å². The number of benzene rings is 2. The first kappa shape index (κ1) is 20.9. The maximum absolute atomic E-state index is 13.8. The van der Waals surface area contributed by atoms with Gasteiger partial charge in [0.05, 0.1) is 0 Å². The summed E-state index contributed by atoms with van der Waals surface area (Å²) in [5.41, 5.74) is 0.640. The number of para-hydroxylation sites is 2. The molecule has 0 N–H and O–H groups in total. The lowest BCUT2D eigenvalue weighted by atomic mass is 10.2. The Balaban J connectivity index is 2.02. The molecule has 4 nitrogen and oxygen atoms in total. The summed E-state index contributed by atoms with van der Waals surface area (Å²) in [6.07, 6.45) is -4.85. The molecule has 0 bridgehead atoms. The quantitative estimate of drug-likeness (QED) is 0.346. The van der Waals surface area contributed by atoms with Gasteiger partial charge in [-0.2, -0.15) is 18.2 Å². The van der Waals surface area contributed by atoms with Crippen molar-refractivity contribution in [3.63, 3.8) is 0 Å². The zero-order valence-electron chi connectivity index (χ0n) is 14.4. The first-order valence-electron chi connectivity index (χ1n) is 7.98. The van der Waals surface area contributed by atoms with Crippen molar-refractivity contribution in [2.24, 2.45) is 4.99 Å². The highest BCUT2D eigenvalue weighted by molar-refractivity contribution is 6.68. The van der Waals surface area contributed by atoms with Crippen molar-refractivity contribution < 1.29 is 22.6 Å². The van der Waals surface area contributed by atoms with Crippen molar-refractivity contribution in [1.29, 1.82) is 0 Å². The molecular formula is C18H14Cl3F3N2O2. The molecule has 1 heterocycles. The van der Waals surface area contributed by atoms with Crippen molar-refractivity contribution in [3.8, 4) is 11.5 Å². The van der Waals surface area contributed by atoms with Crippen LogP contribution in [0.3, 0.4) is 0 Å². The van der Waals surface area contributed by atoms with Crippen LogP contribution in [0, 0.1) is 0 Å². The number of ether oxygens (including phenoxy) is 2. The molecule has 2 aromatic rings. The van der Waals surface area contributed by atoms with Gasteiger partial charge >= 0.3 is 12.1 Å².